The molecule has 1 aromatic carbocycles. The van der Waals surface area contributed by atoms with Gasteiger partial charge in [0.25, 0.3) is 0 Å². The molecule has 0 spiro atoms. The molecule has 1 unspecified atom stereocenters. The number of likely N-dealkylation sites (N-methyl/N-ethyl adjacent to an activating group) is 1. The van der Waals surface area contributed by atoms with Crippen LogP contribution < -0.4 is 4.90 Å². The van der Waals surface area contributed by atoms with E-state index in [1.165, 1.54) is 9.80 Å². The summed E-state index contributed by atoms with van der Waals surface area (Å²) in [5.74, 6) is 0.501. The van der Waals surface area contributed by atoms with Gasteiger partial charge < -0.3 is 14.2 Å². The first-order valence-electron chi connectivity index (χ1n) is 8.05. The van der Waals surface area contributed by atoms with Crippen LogP contribution in [0.5, 0.6) is 0 Å². The van der Waals surface area contributed by atoms with Gasteiger partial charge in [0.2, 0.25) is 6.23 Å². The summed E-state index contributed by atoms with van der Waals surface area (Å²) in [5, 5.41) is 3.99. The minimum absolute atomic E-state index is 0.240. The zero-order chi connectivity index (χ0) is 18.2. The molecule has 0 radical (unpaired) electrons. The highest BCUT2D eigenvalue weighted by molar-refractivity contribution is 5.95. The third kappa shape index (κ3) is 3.35. The Hall–Kier alpha value is -2.83. The van der Waals surface area contributed by atoms with E-state index in [0.29, 0.717) is 17.1 Å². The van der Waals surface area contributed by atoms with E-state index in [1.54, 1.807) is 37.4 Å². The van der Waals surface area contributed by atoms with Crippen molar-refractivity contribution in [2.24, 2.45) is 0 Å². The first kappa shape index (κ1) is 17.0. The molecule has 1 aromatic heterocycles. The molecular weight excluding hydrogens is 322 g/mol. The highest BCUT2D eigenvalue weighted by atomic mass is 16.6. The van der Waals surface area contributed by atoms with Gasteiger partial charge in [-0.05, 0) is 12.1 Å². The Labute approximate surface area is 146 Å². The van der Waals surface area contributed by atoms with Crippen LogP contribution in [0.15, 0.2) is 40.9 Å². The molecule has 0 saturated carbocycles. The van der Waals surface area contributed by atoms with Gasteiger partial charge in [-0.1, -0.05) is 44.1 Å². The van der Waals surface area contributed by atoms with Gasteiger partial charge in [-0.15, -0.1) is 0 Å². The van der Waals surface area contributed by atoms with E-state index in [4.69, 9.17) is 9.26 Å². The summed E-state index contributed by atoms with van der Waals surface area (Å²) in [7, 11) is 1.65. The number of anilines is 1. The summed E-state index contributed by atoms with van der Waals surface area (Å²) in [6, 6.07) is 10.1. The van der Waals surface area contributed by atoms with E-state index in [2.05, 4.69) is 5.16 Å². The quantitative estimate of drug-likeness (QED) is 0.801. The molecule has 3 rings (SSSR count). The van der Waals surface area contributed by atoms with Crippen molar-refractivity contribution < 1.29 is 18.8 Å². The summed E-state index contributed by atoms with van der Waals surface area (Å²) in [5.41, 5.74) is 0.191. The Bertz CT molecular complexity index is 779. The van der Waals surface area contributed by atoms with Crippen LogP contribution in [-0.4, -0.2) is 41.9 Å². The molecule has 1 aliphatic rings. The number of rotatable bonds is 3. The molecular formula is C18H21N3O4. The van der Waals surface area contributed by atoms with Crippen molar-refractivity contribution in [3.8, 4) is 0 Å². The number of amides is 2. The number of benzene rings is 1. The Morgan fingerprint density at radius 1 is 1.28 bits per heavy atom. The molecule has 0 bridgehead atoms. The number of urea groups is 1. The third-order valence-corrected chi connectivity index (χ3v) is 3.99. The summed E-state index contributed by atoms with van der Waals surface area (Å²) >= 11 is 0. The molecule has 2 aromatic rings. The largest absolute Gasteiger partial charge is 0.435 e. The van der Waals surface area contributed by atoms with Gasteiger partial charge in [0.05, 0.1) is 12.1 Å². The molecule has 132 valence electrons. The molecule has 7 nitrogen and oxygen atoms in total. The normalized spacial score (nSPS) is 17.9. The fourth-order valence-electron chi connectivity index (χ4n) is 2.54. The van der Waals surface area contributed by atoms with Gasteiger partial charge >= 0.3 is 12.0 Å². The SMILES string of the molecule is CN1CC(OC(=O)c2ccccc2)N(c2cc(C(C)(C)C)on2)C1=O. The van der Waals surface area contributed by atoms with E-state index in [9.17, 15) is 9.59 Å². The number of hydrogen-bond acceptors (Lipinski definition) is 5. The Kier molecular flexibility index (Phi) is 4.24. The number of nitrogens with zero attached hydrogens (tertiary/aromatic N) is 3. The lowest BCUT2D eigenvalue weighted by molar-refractivity contribution is 0.0330. The van der Waals surface area contributed by atoms with Crippen molar-refractivity contribution in [2.75, 3.05) is 18.5 Å². The van der Waals surface area contributed by atoms with E-state index in [0.717, 1.165) is 0 Å². The summed E-state index contributed by atoms with van der Waals surface area (Å²) < 4.78 is 10.9. The number of hydrogen-bond donors (Lipinski definition) is 0. The molecule has 2 heterocycles. The predicted octanol–water partition coefficient (Wildman–Crippen LogP) is 3.03. The summed E-state index contributed by atoms with van der Waals surface area (Å²) in [6.07, 6.45) is -0.761. The molecule has 7 heteroatoms. The van der Waals surface area contributed by atoms with Crippen LogP contribution in [0.2, 0.25) is 0 Å². The van der Waals surface area contributed by atoms with Gasteiger partial charge in [0.15, 0.2) is 5.82 Å². The Balaban J connectivity index is 1.84. The van der Waals surface area contributed by atoms with Crippen LogP contribution >= 0.6 is 0 Å². The number of esters is 1. The summed E-state index contributed by atoms with van der Waals surface area (Å²) in [4.78, 5) is 27.6. The van der Waals surface area contributed by atoms with Gasteiger partial charge in [0, 0.05) is 18.5 Å². The lowest BCUT2D eigenvalue weighted by Crippen LogP contribution is -2.37. The maximum Gasteiger partial charge on any atom is 0.340 e. The van der Waals surface area contributed by atoms with Gasteiger partial charge in [0.1, 0.15) is 5.76 Å². The van der Waals surface area contributed by atoms with Crippen molar-refractivity contribution in [2.45, 2.75) is 32.4 Å². The Morgan fingerprint density at radius 3 is 2.56 bits per heavy atom. The maximum absolute atomic E-state index is 12.5. The number of carbonyl (C=O) groups is 2. The minimum Gasteiger partial charge on any atom is -0.435 e. The summed E-state index contributed by atoms with van der Waals surface area (Å²) in [6.45, 7) is 6.22. The molecule has 1 aliphatic heterocycles. The van der Waals surface area contributed by atoms with Crippen LogP contribution in [0.25, 0.3) is 0 Å². The lowest BCUT2D eigenvalue weighted by Gasteiger charge is -2.20. The highest BCUT2D eigenvalue weighted by Crippen LogP contribution is 2.30. The van der Waals surface area contributed by atoms with Crippen LogP contribution in [-0.2, 0) is 10.2 Å². The predicted molar refractivity (Wildman–Crippen MR) is 91.4 cm³/mol. The van der Waals surface area contributed by atoms with Crippen molar-refractivity contribution >= 4 is 17.8 Å². The van der Waals surface area contributed by atoms with Crippen LogP contribution in [0.4, 0.5) is 10.6 Å². The average Bonchev–Trinajstić information content (AvgIpc) is 3.14. The number of aromatic nitrogens is 1. The first-order valence-corrected chi connectivity index (χ1v) is 8.05. The molecule has 2 amide bonds. The van der Waals surface area contributed by atoms with Crippen LogP contribution in [0.1, 0.15) is 36.9 Å². The monoisotopic (exact) mass is 343 g/mol. The molecule has 25 heavy (non-hydrogen) atoms. The van der Waals surface area contributed by atoms with Gasteiger partial charge in [-0.25, -0.2) is 14.5 Å². The van der Waals surface area contributed by atoms with Crippen molar-refractivity contribution in [3.63, 3.8) is 0 Å². The van der Waals surface area contributed by atoms with E-state index >= 15 is 0 Å². The van der Waals surface area contributed by atoms with E-state index in [-0.39, 0.29) is 18.0 Å². The van der Waals surface area contributed by atoms with Crippen molar-refractivity contribution in [1.29, 1.82) is 0 Å². The van der Waals surface area contributed by atoms with Crippen LogP contribution in [0.3, 0.4) is 0 Å². The topological polar surface area (TPSA) is 75.9 Å². The molecule has 1 fully saturated rings. The second-order valence-corrected chi connectivity index (χ2v) is 7.06. The number of carbonyl (C=O) groups excluding carboxylic acids is 2. The van der Waals surface area contributed by atoms with Crippen molar-refractivity contribution in [3.05, 3.63) is 47.7 Å². The second-order valence-electron chi connectivity index (χ2n) is 7.06. The zero-order valence-corrected chi connectivity index (χ0v) is 14.7. The third-order valence-electron chi connectivity index (χ3n) is 3.99. The fourth-order valence-corrected chi connectivity index (χ4v) is 2.54. The maximum atomic E-state index is 12.5. The highest BCUT2D eigenvalue weighted by Gasteiger charge is 2.41. The van der Waals surface area contributed by atoms with Gasteiger partial charge in [-0.3, -0.25) is 0 Å². The van der Waals surface area contributed by atoms with Crippen LogP contribution in [0, 0.1) is 0 Å². The van der Waals surface area contributed by atoms with E-state index < -0.39 is 12.2 Å². The average molecular weight is 343 g/mol. The van der Waals surface area contributed by atoms with Gasteiger partial charge in [-0.2, -0.15) is 0 Å². The second kappa shape index (κ2) is 6.23. The smallest absolute Gasteiger partial charge is 0.340 e. The molecule has 0 N–H and O–H groups in total. The molecule has 0 aliphatic carbocycles. The Morgan fingerprint density at radius 2 is 1.96 bits per heavy atom. The van der Waals surface area contributed by atoms with E-state index in [1.807, 2.05) is 26.8 Å². The zero-order valence-electron chi connectivity index (χ0n) is 14.7. The number of ether oxygens (including phenoxy) is 1. The first-order chi connectivity index (χ1) is 11.8. The van der Waals surface area contributed by atoms with Crippen molar-refractivity contribution in [1.82, 2.24) is 10.1 Å². The molecule has 1 saturated heterocycles. The standard InChI is InChI=1S/C18H21N3O4/c1-18(2,3)13-10-14(19-25-13)21-15(11-20(4)17(21)23)24-16(22)12-8-6-5-7-9-12/h5-10,15H,11H2,1-4H3. The lowest BCUT2D eigenvalue weighted by atomic mass is 9.93. The molecule has 1 atom stereocenters. The fraction of sp³-hybridized carbons (Fsp3) is 0.389. The minimum atomic E-state index is -0.761.